The molecule has 2 fully saturated rings. The Morgan fingerprint density at radius 2 is 1.94 bits per heavy atom. The van der Waals surface area contributed by atoms with Crippen LogP contribution >= 0.6 is 0 Å². The van der Waals surface area contributed by atoms with Gasteiger partial charge in [-0.1, -0.05) is 6.92 Å². The van der Waals surface area contributed by atoms with Crippen LogP contribution in [0.2, 0.25) is 0 Å². The third-order valence-electron chi connectivity index (χ3n) is 7.42. The average molecular weight is 453 g/mol. The van der Waals surface area contributed by atoms with Crippen LogP contribution in [-0.2, 0) is 10.2 Å². The van der Waals surface area contributed by atoms with Crippen molar-refractivity contribution >= 4 is 11.6 Å². The molecule has 176 valence electrons. The molecule has 1 aliphatic carbocycles. The number of rotatable bonds is 4. The molecule has 3 heterocycles. The van der Waals surface area contributed by atoms with E-state index in [1.165, 1.54) is 0 Å². The van der Waals surface area contributed by atoms with Gasteiger partial charge in [0.1, 0.15) is 0 Å². The van der Waals surface area contributed by atoms with E-state index in [1.807, 2.05) is 29.3 Å². The number of halogens is 3. The maximum atomic E-state index is 13.1. The summed E-state index contributed by atoms with van der Waals surface area (Å²) >= 11 is 0. The fraction of sp³-hybridized carbons (Fsp3) is 0.696. The minimum absolute atomic E-state index is 0.00596. The minimum atomic E-state index is -4.12. The molecule has 0 bridgehead atoms. The summed E-state index contributed by atoms with van der Waals surface area (Å²) in [5.74, 6) is -2.04. The molecule has 0 amide bonds. The van der Waals surface area contributed by atoms with E-state index in [1.54, 1.807) is 0 Å². The van der Waals surface area contributed by atoms with Gasteiger partial charge < -0.3 is 5.11 Å². The van der Waals surface area contributed by atoms with E-state index in [4.69, 9.17) is 10.1 Å². The summed E-state index contributed by atoms with van der Waals surface area (Å²) in [7, 11) is 0. The Morgan fingerprint density at radius 3 is 2.56 bits per heavy atom. The van der Waals surface area contributed by atoms with E-state index in [0.29, 0.717) is 25.0 Å². The molecular formula is C23H31F3N4O2. The number of likely N-dealkylation sites (tertiary alicyclic amines) is 1. The Balaban J connectivity index is 1.67. The highest BCUT2D eigenvalue weighted by Gasteiger charge is 2.42. The number of piperidine rings is 1. The van der Waals surface area contributed by atoms with Crippen molar-refractivity contribution in [3.05, 3.63) is 28.7 Å². The molecule has 0 unspecified atom stereocenters. The highest BCUT2D eigenvalue weighted by molar-refractivity contribution is 5.69. The number of aromatic nitrogens is 3. The van der Waals surface area contributed by atoms with Crippen LogP contribution in [0.25, 0.3) is 5.65 Å². The van der Waals surface area contributed by atoms with E-state index in [9.17, 15) is 23.1 Å². The van der Waals surface area contributed by atoms with Crippen molar-refractivity contribution in [2.75, 3.05) is 19.6 Å². The van der Waals surface area contributed by atoms with Crippen LogP contribution in [0, 0.1) is 19.8 Å². The lowest BCUT2D eigenvalue weighted by atomic mass is 9.77. The fourth-order valence-corrected chi connectivity index (χ4v) is 5.71. The topological polar surface area (TPSA) is 70.7 Å². The van der Waals surface area contributed by atoms with Gasteiger partial charge in [0.15, 0.2) is 5.65 Å². The lowest BCUT2D eigenvalue weighted by Gasteiger charge is -2.41. The first kappa shape index (κ1) is 23.0. The number of hydrogen-bond acceptors (Lipinski definition) is 4. The normalized spacial score (nSPS) is 27.7. The van der Waals surface area contributed by atoms with Crippen LogP contribution in [0.1, 0.15) is 74.0 Å². The SMILES string of the molecule is Cc1nc2cc(C3CCC(C(F)(F)F)CC3)nn2c([C@]2(C)CCCN(CC(=O)O)C2)c1C. The molecule has 0 spiro atoms. The Kier molecular flexibility index (Phi) is 5.98. The summed E-state index contributed by atoms with van der Waals surface area (Å²) in [6.45, 7) is 7.51. The summed E-state index contributed by atoms with van der Waals surface area (Å²) in [6, 6.07) is 1.93. The van der Waals surface area contributed by atoms with Gasteiger partial charge in [0.2, 0.25) is 0 Å². The van der Waals surface area contributed by atoms with Gasteiger partial charge in [0, 0.05) is 29.6 Å². The number of hydrogen-bond donors (Lipinski definition) is 1. The van der Waals surface area contributed by atoms with Crippen molar-refractivity contribution in [2.45, 2.75) is 76.8 Å². The second-order valence-electron chi connectivity index (χ2n) is 9.87. The number of carboxylic acids is 1. The second kappa shape index (κ2) is 8.32. The number of alkyl halides is 3. The Bertz CT molecular complexity index is 1010. The van der Waals surface area contributed by atoms with Crippen LogP contribution in [0.5, 0.6) is 0 Å². The van der Waals surface area contributed by atoms with Crippen LogP contribution in [-0.4, -0.2) is 56.4 Å². The lowest BCUT2D eigenvalue weighted by molar-refractivity contribution is -0.182. The molecular weight excluding hydrogens is 421 g/mol. The molecule has 1 atom stereocenters. The zero-order chi connectivity index (χ0) is 23.3. The first-order valence-electron chi connectivity index (χ1n) is 11.4. The van der Waals surface area contributed by atoms with Crippen LogP contribution in [0.15, 0.2) is 6.07 Å². The molecule has 2 aromatic rings. The van der Waals surface area contributed by atoms with Gasteiger partial charge in [-0.25, -0.2) is 9.50 Å². The lowest BCUT2D eigenvalue weighted by Crippen LogP contribution is -2.47. The van der Waals surface area contributed by atoms with Gasteiger partial charge in [0.25, 0.3) is 0 Å². The summed E-state index contributed by atoms with van der Waals surface area (Å²) in [5, 5.41) is 14.1. The number of fused-ring (bicyclic) bond motifs is 1. The highest BCUT2D eigenvalue weighted by Crippen LogP contribution is 2.43. The molecule has 32 heavy (non-hydrogen) atoms. The quantitative estimate of drug-likeness (QED) is 0.733. The third kappa shape index (κ3) is 4.36. The van der Waals surface area contributed by atoms with Gasteiger partial charge in [-0.15, -0.1) is 0 Å². The largest absolute Gasteiger partial charge is 0.480 e. The van der Waals surface area contributed by atoms with Crippen LogP contribution in [0.4, 0.5) is 13.2 Å². The summed E-state index contributed by atoms with van der Waals surface area (Å²) in [5.41, 5.74) is 4.20. The molecule has 1 N–H and O–H groups in total. The van der Waals surface area contributed by atoms with Crippen LogP contribution in [0.3, 0.4) is 0 Å². The molecule has 6 nitrogen and oxygen atoms in total. The van der Waals surface area contributed by atoms with Crippen molar-refractivity contribution in [2.24, 2.45) is 5.92 Å². The molecule has 0 radical (unpaired) electrons. The van der Waals surface area contributed by atoms with Crippen molar-refractivity contribution in [1.82, 2.24) is 19.5 Å². The van der Waals surface area contributed by atoms with Crippen LogP contribution < -0.4 is 0 Å². The van der Waals surface area contributed by atoms with E-state index in [-0.39, 0.29) is 30.7 Å². The first-order chi connectivity index (χ1) is 15.0. The van der Waals surface area contributed by atoms with Gasteiger partial charge >= 0.3 is 12.1 Å². The van der Waals surface area contributed by atoms with Crippen molar-refractivity contribution in [3.8, 4) is 0 Å². The molecule has 0 aromatic carbocycles. The molecule has 9 heteroatoms. The summed E-state index contributed by atoms with van der Waals surface area (Å²) < 4.78 is 41.1. The highest BCUT2D eigenvalue weighted by atomic mass is 19.4. The number of nitrogens with zero attached hydrogens (tertiary/aromatic N) is 4. The smallest absolute Gasteiger partial charge is 0.391 e. The monoisotopic (exact) mass is 452 g/mol. The van der Waals surface area contributed by atoms with E-state index in [0.717, 1.165) is 42.0 Å². The molecule has 1 saturated heterocycles. The van der Waals surface area contributed by atoms with Crippen molar-refractivity contribution in [1.29, 1.82) is 0 Å². The zero-order valence-corrected chi connectivity index (χ0v) is 18.9. The number of aryl methyl sites for hydroxylation is 1. The maximum absolute atomic E-state index is 13.1. The molecule has 2 aliphatic rings. The molecule has 1 saturated carbocycles. The van der Waals surface area contributed by atoms with E-state index >= 15 is 0 Å². The predicted molar refractivity (Wildman–Crippen MR) is 114 cm³/mol. The Labute approximate surface area is 185 Å². The second-order valence-corrected chi connectivity index (χ2v) is 9.87. The maximum Gasteiger partial charge on any atom is 0.391 e. The van der Waals surface area contributed by atoms with Crippen molar-refractivity contribution in [3.63, 3.8) is 0 Å². The van der Waals surface area contributed by atoms with E-state index in [2.05, 4.69) is 6.92 Å². The third-order valence-corrected chi connectivity index (χ3v) is 7.42. The van der Waals surface area contributed by atoms with Gasteiger partial charge in [-0.05, 0) is 64.5 Å². The average Bonchev–Trinajstić information content (AvgIpc) is 3.10. The number of aliphatic carboxylic acids is 1. The number of carbonyl (C=O) groups is 1. The first-order valence-corrected chi connectivity index (χ1v) is 11.4. The number of carboxylic acid groups (broad SMARTS) is 1. The summed E-state index contributed by atoms with van der Waals surface area (Å²) in [6.07, 6.45) is -1.08. The summed E-state index contributed by atoms with van der Waals surface area (Å²) in [4.78, 5) is 18.0. The Hall–Kier alpha value is -2.16. The molecule has 2 aromatic heterocycles. The predicted octanol–water partition coefficient (Wildman–Crippen LogP) is 4.62. The fourth-order valence-electron chi connectivity index (χ4n) is 5.71. The van der Waals surface area contributed by atoms with Crippen molar-refractivity contribution < 1.29 is 23.1 Å². The van der Waals surface area contributed by atoms with E-state index < -0.39 is 18.1 Å². The standard InChI is InChI=1S/C23H31F3N4O2/c1-14-15(2)27-19-11-18(16-5-7-17(8-6-16)23(24,25)26)28-30(19)21(14)22(3)9-4-10-29(13-22)12-20(31)32/h11,16-17H,4-10,12-13H2,1-3H3,(H,31,32)/t16?,17?,22-/m1/s1. The Morgan fingerprint density at radius 1 is 1.25 bits per heavy atom. The molecule has 4 rings (SSSR count). The van der Waals surface area contributed by atoms with Gasteiger partial charge in [-0.3, -0.25) is 9.69 Å². The van der Waals surface area contributed by atoms with Gasteiger partial charge in [0.05, 0.1) is 23.9 Å². The minimum Gasteiger partial charge on any atom is -0.480 e. The molecule has 1 aliphatic heterocycles. The van der Waals surface area contributed by atoms with Gasteiger partial charge in [-0.2, -0.15) is 18.3 Å². The zero-order valence-electron chi connectivity index (χ0n) is 18.9.